The third-order valence-corrected chi connectivity index (χ3v) is 2.88. The van der Waals surface area contributed by atoms with Crippen LogP contribution in [-0.4, -0.2) is 35.8 Å². The van der Waals surface area contributed by atoms with Crippen LogP contribution in [0, 0.1) is 0 Å². The van der Waals surface area contributed by atoms with Crippen molar-refractivity contribution in [2.75, 3.05) is 18.4 Å². The summed E-state index contributed by atoms with van der Waals surface area (Å²) >= 11 is 0. The van der Waals surface area contributed by atoms with E-state index in [1.165, 1.54) is 12.4 Å². The van der Waals surface area contributed by atoms with Crippen LogP contribution in [0.4, 0.5) is 5.69 Å². The average molecular weight is 312 g/mol. The van der Waals surface area contributed by atoms with E-state index in [1.807, 2.05) is 0 Å². The van der Waals surface area contributed by atoms with E-state index in [-0.39, 0.29) is 19.0 Å². The van der Waals surface area contributed by atoms with Gasteiger partial charge in [0.2, 0.25) is 0 Å². The lowest BCUT2D eigenvalue weighted by Gasteiger charge is -2.07. The molecule has 0 saturated heterocycles. The van der Waals surface area contributed by atoms with Crippen LogP contribution in [0.5, 0.6) is 0 Å². The van der Waals surface area contributed by atoms with Crippen molar-refractivity contribution >= 4 is 23.4 Å². The Kier molecular flexibility index (Phi) is 5.81. The summed E-state index contributed by atoms with van der Waals surface area (Å²) in [5.74, 6) is -1.78. The van der Waals surface area contributed by atoms with Gasteiger partial charge in [-0.15, -0.1) is 0 Å². The molecule has 1 aromatic heterocycles. The maximum atomic E-state index is 11.7. The Bertz CT molecular complexity index is 674. The summed E-state index contributed by atoms with van der Waals surface area (Å²) in [5.41, 5.74) is 1.02. The number of carbonyl (C=O) groups excluding carboxylic acids is 3. The molecule has 3 N–H and O–H groups in total. The van der Waals surface area contributed by atoms with Gasteiger partial charge in [-0.2, -0.15) is 0 Å². The van der Waals surface area contributed by atoms with Crippen molar-refractivity contribution in [3.63, 3.8) is 0 Å². The molecule has 118 valence electrons. The molecule has 7 nitrogen and oxygen atoms in total. The molecule has 0 radical (unpaired) electrons. The third kappa shape index (κ3) is 5.24. The summed E-state index contributed by atoms with van der Waals surface area (Å²) in [5, 5.41) is 7.53. The first-order chi connectivity index (χ1) is 11.2. The van der Waals surface area contributed by atoms with Crippen LogP contribution in [0.2, 0.25) is 0 Å². The van der Waals surface area contributed by atoms with Crippen LogP contribution in [0.3, 0.4) is 0 Å². The van der Waals surface area contributed by atoms with Gasteiger partial charge in [-0.05, 0) is 24.3 Å². The Balaban J connectivity index is 1.68. The van der Waals surface area contributed by atoms with Crippen molar-refractivity contribution in [3.8, 4) is 0 Å². The molecular formula is C16H16N4O3. The van der Waals surface area contributed by atoms with Crippen molar-refractivity contribution in [1.29, 1.82) is 0 Å². The molecule has 0 saturated carbocycles. The number of nitrogens with one attached hydrogen (secondary N) is 3. The molecule has 0 spiro atoms. The van der Waals surface area contributed by atoms with Crippen LogP contribution in [0.15, 0.2) is 54.9 Å². The van der Waals surface area contributed by atoms with E-state index < -0.39 is 11.8 Å². The topological polar surface area (TPSA) is 100 Å². The fourth-order valence-electron chi connectivity index (χ4n) is 1.75. The summed E-state index contributed by atoms with van der Waals surface area (Å²) in [6.45, 7) is 0.364. The maximum Gasteiger partial charge on any atom is 0.313 e. The van der Waals surface area contributed by atoms with Gasteiger partial charge in [-0.1, -0.05) is 18.2 Å². The highest BCUT2D eigenvalue weighted by molar-refractivity contribution is 6.39. The average Bonchev–Trinajstić information content (AvgIpc) is 2.60. The Morgan fingerprint density at radius 3 is 2.17 bits per heavy atom. The molecule has 0 atom stereocenters. The Morgan fingerprint density at radius 2 is 1.48 bits per heavy atom. The van der Waals surface area contributed by atoms with Gasteiger partial charge in [-0.25, -0.2) is 0 Å². The van der Waals surface area contributed by atoms with E-state index in [0.29, 0.717) is 11.3 Å². The summed E-state index contributed by atoms with van der Waals surface area (Å²) < 4.78 is 0. The first kappa shape index (κ1) is 16.2. The van der Waals surface area contributed by atoms with Gasteiger partial charge < -0.3 is 16.0 Å². The van der Waals surface area contributed by atoms with Gasteiger partial charge in [0.15, 0.2) is 0 Å². The van der Waals surface area contributed by atoms with Crippen LogP contribution in [0.25, 0.3) is 0 Å². The molecule has 0 aliphatic heterocycles. The van der Waals surface area contributed by atoms with Crippen LogP contribution in [0.1, 0.15) is 10.4 Å². The Labute approximate surface area is 133 Å². The van der Waals surface area contributed by atoms with Crippen molar-refractivity contribution < 1.29 is 14.4 Å². The SMILES string of the molecule is O=C(NCCNC(=O)c1ccncc1)C(=O)Nc1ccccc1. The summed E-state index contributed by atoms with van der Waals surface area (Å²) in [6, 6.07) is 11.8. The zero-order valence-electron chi connectivity index (χ0n) is 12.3. The summed E-state index contributed by atoms with van der Waals surface area (Å²) in [4.78, 5) is 38.8. The van der Waals surface area contributed by atoms with Gasteiger partial charge in [0.05, 0.1) is 0 Å². The van der Waals surface area contributed by atoms with E-state index in [9.17, 15) is 14.4 Å². The number of rotatable bonds is 5. The fourth-order valence-corrected chi connectivity index (χ4v) is 1.75. The van der Waals surface area contributed by atoms with Gasteiger partial charge in [0.1, 0.15) is 0 Å². The number of hydrogen-bond acceptors (Lipinski definition) is 4. The van der Waals surface area contributed by atoms with Crippen LogP contribution < -0.4 is 16.0 Å². The molecule has 0 fully saturated rings. The third-order valence-electron chi connectivity index (χ3n) is 2.88. The smallest absolute Gasteiger partial charge is 0.313 e. The maximum absolute atomic E-state index is 11.7. The predicted molar refractivity (Wildman–Crippen MR) is 84.7 cm³/mol. The molecular weight excluding hydrogens is 296 g/mol. The first-order valence-electron chi connectivity index (χ1n) is 6.99. The number of amides is 3. The molecule has 0 bridgehead atoms. The molecule has 2 aromatic rings. The molecule has 2 rings (SSSR count). The molecule has 0 unspecified atom stereocenters. The number of hydrogen-bond donors (Lipinski definition) is 3. The number of anilines is 1. The largest absolute Gasteiger partial charge is 0.350 e. The van der Waals surface area contributed by atoms with E-state index in [1.54, 1.807) is 42.5 Å². The van der Waals surface area contributed by atoms with Crippen molar-refractivity contribution in [3.05, 3.63) is 60.4 Å². The van der Waals surface area contributed by atoms with E-state index in [2.05, 4.69) is 20.9 Å². The highest BCUT2D eigenvalue weighted by atomic mass is 16.2. The quantitative estimate of drug-likeness (QED) is 0.555. The minimum atomic E-state index is -0.757. The van der Waals surface area contributed by atoms with E-state index in [4.69, 9.17) is 0 Å². The van der Waals surface area contributed by atoms with Gasteiger partial charge in [-0.3, -0.25) is 19.4 Å². The predicted octanol–water partition coefficient (Wildman–Crippen LogP) is 0.566. The zero-order valence-corrected chi connectivity index (χ0v) is 12.3. The number of pyridine rings is 1. The van der Waals surface area contributed by atoms with Crippen molar-refractivity contribution in [2.24, 2.45) is 0 Å². The van der Waals surface area contributed by atoms with Crippen molar-refractivity contribution in [1.82, 2.24) is 15.6 Å². The van der Waals surface area contributed by atoms with E-state index in [0.717, 1.165) is 0 Å². The number of nitrogens with zero attached hydrogens (tertiary/aromatic N) is 1. The van der Waals surface area contributed by atoms with E-state index >= 15 is 0 Å². The number of benzene rings is 1. The second-order valence-corrected chi connectivity index (χ2v) is 4.57. The second-order valence-electron chi connectivity index (χ2n) is 4.57. The molecule has 3 amide bonds. The molecule has 23 heavy (non-hydrogen) atoms. The van der Waals surface area contributed by atoms with Crippen molar-refractivity contribution in [2.45, 2.75) is 0 Å². The minimum Gasteiger partial charge on any atom is -0.350 e. The Morgan fingerprint density at radius 1 is 0.826 bits per heavy atom. The standard InChI is InChI=1S/C16H16N4O3/c21-14(12-6-8-17-9-7-12)18-10-11-19-15(22)16(23)20-13-4-2-1-3-5-13/h1-9H,10-11H2,(H,18,21)(H,19,22)(H,20,23). The number of aromatic nitrogens is 1. The molecule has 1 aromatic carbocycles. The molecule has 0 aliphatic carbocycles. The lowest BCUT2D eigenvalue weighted by atomic mass is 10.2. The van der Waals surface area contributed by atoms with Gasteiger partial charge in [0.25, 0.3) is 5.91 Å². The lowest BCUT2D eigenvalue weighted by Crippen LogP contribution is -2.40. The highest BCUT2D eigenvalue weighted by Gasteiger charge is 2.13. The number of carbonyl (C=O) groups is 3. The van der Waals surface area contributed by atoms with Gasteiger partial charge in [0, 0.05) is 36.7 Å². The lowest BCUT2D eigenvalue weighted by molar-refractivity contribution is -0.136. The van der Waals surface area contributed by atoms with Gasteiger partial charge >= 0.3 is 11.8 Å². The van der Waals surface area contributed by atoms with Crippen LogP contribution in [-0.2, 0) is 9.59 Å². The second kappa shape index (κ2) is 8.28. The zero-order chi connectivity index (χ0) is 16.5. The normalized spacial score (nSPS) is 9.74. The summed E-state index contributed by atoms with van der Waals surface area (Å²) in [6.07, 6.45) is 3.04. The number of para-hydroxylation sites is 1. The minimum absolute atomic E-state index is 0.151. The first-order valence-corrected chi connectivity index (χ1v) is 6.99. The summed E-state index contributed by atoms with van der Waals surface area (Å²) in [7, 11) is 0. The molecule has 0 aliphatic rings. The Hall–Kier alpha value is -3.22. The fraction of sp³-hybridized carbons (Fsp3) is 0.125. The molecule has 7 heteroatoms. The van der Waals surface area contributed by atoms with Crippen LogP contribution >= 0.6 is 0 Å². The monoisotopic (exact) mass is 312 g/mol. The highest BCUT2D eigenvalue weighted by Crippen LogP contribution is 2.04. The molecule has 1 heterocycles.